The maximum atomic E-state index is 10.6. The van der Waals surface area contributed by atoms with E-state index in [1.807, 2.05) is 0 Å². The minimum absolute atomic E-state index is 0.123. The van der Waals surface area contributed by atoms with Gasteiger partial charge in [-0.2, -0.15) is 0 Å². The van der Waals surface area contributed by atoms with Crippen LogP contribution in [0.15, 0.2) is 22.7 Å². The van der Waals surface area contributed by atoms with Crippen LogP contribution in [0.4, 0.5) is 0 Å². The number of rotatable bonds is 3. The standard InChI is InChI=1S/C8H5BrO4/c9-7-3-5(13-4-10)1-2-6(7)8(11)12/h1-4H,(H,11,12). The quantitative estimate of drug-likeness (QED) is 0.823. The summed E-state index contributed by atoms with van der Waals surface area (Å²) in [6.07, 6.45) is 0. The molecular weight excluding hydrogens is 240 g/mol. The second-order valence-electron chi connectivity index (χ2n) is 2.16. The topological polar surface area (TPSA) is 63.6 Å². The maximum Gasteiger partial charge on any atom is 0.336 e. The molecule has 1 aromatic carbocycles. The van der Waals surface area contributed by atoms with Gasteiger partial charge in [-0.3, -0.25) is 4.79 Å². The van der Waals surface area contributed by atoms with E-state index in [0.717, 1.165) is 0 Å². The van der Waals surface area contributed by atoms with Gasteiger partial charge in [0.15, 0.2) is 0 Å². The summed E-state index contributed by atoms with van der Waals surface area (Å²) in [5.41, 5.74) is 0.123. The van der Waals surface area contributed by atoms with Crippen molar-refractivity contribution in [3.63, 3.8) is 0 Å². The average molecular weight is 245 g/mol. The second kappa shape index (κ2) is 4.04. The molecule has 0 spiro atoms. The molecule has 1 rings (SSSR count). The van der Waals surface area contributed by atoms with Crippen LogP contribution in [-0.4, -0.2) is 17.5 Å². The monoisotopic (exact) mass is 244 g/mol. The third-order valence-corrected chi connectivity index (χ3v) is 2.01. The number of hydrogen-bond acceptors (Lipinski definition) is 3. The molecule has 0 aliphatic carbocycles. The lowest BCUT2D eigenvalue weighted by Gasteiger charge is -2.01. The van der Waals surface area contributed by atoms with Crippen molar-refractivity contribution in [1.29, 1.82) is 0 Å². The number of halogens is 1. The molecule has 0 unspecified atom stereocenters. The smallest absolute Gasteiger partial charge is 0.336 e. The molecule has 0 radical (unpaired) electrons. The summed E-state index contributed by atoms with van der Waals surface area (Å²) >= 11 is 3.04. The average Bonchev–Trinajstić information content (AvgIpc) is 2.04. The second-order valence-corrected chi connectivity index (χ2v) is 3.02. The van der Waals surface area contributed by atoms with E-state index in [9.17, 15) is 9.59 Å². The maximum absolute atomic E-state index is 10.6. The fourth-order valence-corrected chi connectivity index (χ4v) is 1.33. The number of carbonyl (C=O) groups excluding carboxylic acids is 1. The van der Waals surface area contributed by atoms with Crippen molar-refractivity contribution in [2.45, 2.75) is 0 Å². The van der Waals surface area contributed by atoms with Crippen LogP contribution in [0.1, 0.15) is 10.4 Å². The van der Waals surface area contributed by atoms with Crippen LogP contribution in [-0.2, 0) is 4.79 Å². The van der Waals surface area contributed by atoms with E-state index in [4.69, 9.17) is 5.11 Å². The molecule has 0 saturated carbocycles. The van der Waals surface area contributed by atoms with E-state index in [1.54, 1.807) is 0 Å². The Kier molecular flexibility index (Phi) is 3.02. The molecular formula is C8H5BrO4. The van der Waals surface area contributed by atoms with Crippen LogP contribution in [0.25, 0.3) is 0 Å². The molecule has 4 nitrogen and oxygen atoms in total. The van der Waals surface area contributed by atoms with Crippen LogP contribution in [0.3, 0.4) is 0 Å². The van der Waals surface area contributed by atoms with Gasteiger partial charge in [0, 0.05) is 4.47 Å². The Balaban J connectivity index is 3.05. The number of carboxylic acid groups (broad SMARTS) is 1. The van der Waals surface area contributed by atoms with Crippen molar-refractivity contribution in [3.05, 3.63) is 28.2 Å². The van der Waals surface area contributed by atoms with Crippen molar-refractivity contribution in [2.75, 3.05) is 0 Å². The van der Waals surface area contributed by atoms with E-state index in [1.165, 1.54) is 18.2 Å². The van der Waals surface area contributed by atoms with Crippen LogP contribution >= 0.6 is 15.9 Å². The Morgan fingerprint density at radius 2 is 2.23 bits per heavy atom. The summed E-state index contributed by atoms with van der Waals surface area (Å²) in [4.78, 5) is 20.5. The molecule has 0 aliphatic heterocycles. The minimum atomic E-state index is -1.04. The van der Waals surface area contributed by atoms with Gasteiger partial charge >= 0.3 is 5.97 Å². The third kappa shape index (κ3) is 2.29. The molecule has 0 saturated heterocycles. The highest BCUT2D eigenvalue weighted by Gasteiger charge is 2.08. The predicted molar refractivity (Wildman–Crippen MR) is 47.8 cm³/mol. The lowest BCUT2D eigenvalue weighted by Crippen LogP contribution is -1.98. The molecule has 1 aromatic rings. The van der Waals surface area contributed by atoms with Gasteiger partial charge in [-0.25, -0.2) is 4.79 Å². The molecule has 68 valence electrons. The van der Waals surface area contributed by atoms with Gasteiger partial charge in [0.1, 0.15) is 5.75 Å². The van der Waals surface area contributed by atoms with Gasteiger partial charge in [0.05, 0.1) is 5.56 Å². The number of benzene rings is 1. The summed E-state index contributed by atoms with van der Waals surface area (Å²) in [7, 11) is 0. The predicted octanol–water partition coefficient (Wildman–Crippen LogP) is 1.68. The van der Waals surface area contributed by atoms with Crippen LogP contribution in [0.5, 0.6) is 5.75 Å². The third-order valence-electron chi connectivity index (χ3n) is 1.36. The summed E-state index contributed by atoms with van der Waals surface area (Å²) < 4.78 is 4.89. The van der Waals surface area contributed by atoms with Gasteiger partial charge in [-0.05, 0) is 34.1 Å². The van der Waals surface area contributed by atoms with Crippen molar-refractivity contribution in [1.82, 2.24) is 0 Å². The highest BCUT2D eigenvalue weighted by molar-refractivity contribution is 9.10. The van der Waals surface area contributed by atoms with E-state index in [0.29, 0.717) is 10.2 Å². The van der Waals surface area contributed by atoms with Crippen molar-refractivity contribution in [2.24, 2.45) is 0 Å². The van der Waals surface area contributed by atoms with Crippen molar-refractivity contribution in [3.8, 4) is 5.75 Å². The van der Waals surface area contributed by atoms with Gasteiger partial charge < -0.3 is 9.84 Å². The molecule has 1 N–H and O–H groups in total. The van der Waals surface area contributed by atoms with Crippen molar-refractivity contribution >= 4 is 28.4 Å². The highest BCUT2D eigenvalue weighted by Crippen LogP contribution is 2.22. The number of ether oxygens (including phenoxy) is 1. The molecule has 0 aromatic heterocycles. The molecule has 5 heteroatoms. The molecule has 0 heterocycles. The highest BCUT2D eigenvalue weighted by atomic mass is 79.9. The lowest BCUT2D eigenvalue weighted by atomic mass is 10.2. The van der Waals surface area contributed by atoms with Gasteiger partial charge in [-0.15, -0.1) is 0 Å². The molecule has 0 amide bonds. The first-order chi connectivity index (χ1) is 6.15. The zero-order chi connectivity index (χ0) is 9.84. The van der Waals surface area contributed by atoms with Crippen LogP contribution in [0, 0.1) is 0 Å². The fraction of sp³-hybridized carbons (Fsp3) is 0. The summed E-state index contributed by atoms with van der Waals surface area (Å²) in [5.74, 6) is -0.739. The number of aromatic carboxylic acids is 1. The first kappa shape index (κ1) is 9.73. The number of carbonyl (C=O) groups is 2. The molecule has 0 atom stereocenters. The minimum Gasteiger partial charge on any atom is -0.478 e. The van der Waals surface area contributed by atoms with Crippen LogP contribution < -0.4 is 4.74 Å². The van der Waals surface area contributed by atoms with E-state index >= 15 is 0 Å². The molecule has 13 heavy (non-hydrogen) atoms. The van der Waals surface area contributed by atoms with E-state index < -0.39 is 5.97 Å². The number of hydrogen-bond donors (Lipinski definition) is 1. The van der Waals surface area contributed by atoms with E-state index in [-0.39, 0.29) is 12.0 Å². The molecule has 0 fully saturated rings. The summed E-state index contributed by atoms with van der Waals surface area (Å²) in [5, 5.41) is 8.65. The first-order valence-electron chi connectivity index (χ1n) is 3.28. The fourth-order valence-electron chi connectivity index (χ4n) is 0.798. The zero-order valence-electron chi connectivity index (χ0n) is 6.36. The SMILES string of the molecule is O=COc1ccc(C(=O)O)c(Br)c1. The van der Waals surface area contributed by atoms with Crippen LogP contribution in [0.2, 0.25) is 0 Å². The summed E-state index contributed by atoms with van der Waals surface area (Å²) in [6, 6.07) is 4.17. The largest absolute Gasteiger partial charge is 0.478 e. The van der Waals surface area contributed by atoms with Gasteiger partial charge in [0.25, 0.3) is 6.47 Å². The summed E-state index contributed by atoms with van der Waals surface area (Å²) in [6.45, 7) is 0.280. The Hall–Kier alpha value is -1.36. The van der Waals surface area contributed by atoms with Crippen molar-refractivity contribution < 1.29 is 19.4 Å². The zero-order valence-corrected chi connectivity index (χ0v) is 7.95. The Morgan fingerprint density at radius 1 is 1.54 bits per heavy atom. The Bertz CT molecular complexity index is 348. The number of carboxylic acids is 1. The Morgan fingerprint density at radius 3 is 2.69 bits per heavy atom. The van der Waals surface area contributed by atoms with Gasteiger partial charge in [-0.1, -0.05) is 0 Å². The van der Waals surface area contributed by atoms with Gasteiger partial charge in [0.2, 0.25) is 0 Å². The molecule has 0 bridgehead atoms. The first-order valence-corrected chi connectivity index (χ1v) is 4.07. The Labute approximate surface area is 82.3 Å². The van der Waals surface area contributed by atoms with E-state index in [2.05, 4.69) is 20.7 Å². The normalized spacial score (nSPS) is 9.31. The molecule has 0 aliphatic rings. The lowest BCUT2D eigenvalue weighted by molar-refractivity contribution is -0.120.